The first-order valence-electron chi connectivity index (χ1n) is 5.14. The molecule has 3 N–H and O–H groups in total. The van der Waals surface area contributed by atoms with E-state index in [1.165, 1.54) is 12.1 Å². The van der Waals surface area contributed by atoms with E-state index in [9.17, 15) is 18.0 Å². The molecular formula is C12H12Na2O7S. The molecule has 0 aliphatic carbocycles. The van der Waals surface area contributed by atoms with E-state index in [2.05, 4.69) is 0 Å². The van der Waals surface area contributed by atoms with Crippen LogP contribution in [-0.4, -0.2) is 94.2 Å². The van der Waals surface area contributed by atoms with Crippen LogP contribution in [0, 0.1) is 0 Å². The normalized spacial score (nSPS) is 11.9. The van der Waals surface area contributed by atoms with Gasteiger partial charge < -0.3 is 10.2 Å². The number of aliphatic carboxylic acids is 2. The van der Waals surface area contributed by atoms with Gasteiger partial charge in [-0.05, 0) is 11.6 Å². The molecule has 0 radical (unpaired) electrons. The van der Waals surface area contributed by atoms with Crippen LogP contribution in [0.3, 0.4) is 0 Å². The van der Waals surface area contributed by atoms with E-state index < -0.39 is 32.5 Å². The molecule has 0 fully saturated rings. The van der Waals surface area contributed by atoms with Crippen LogP contribution in [0.2, 0.25) is 0 Å². The summed E-state index contributed by atoms with van der Waals surface area (Å²) in [6.07, 6.45) is 1.07. The number of hydrogen-bond acceptors (Lipinski definition) is 4. The quantitative estimate of drug-likeness (QED) is 0.289. The van der Waals surface area contributed by atoms with Crippen LogP contribution in [0.1, 0.15) is 5.56 Å². The summed E-state index contributed by atoms with van der Waals surface area (Å²) in [5.41, 5.74) is -0.749. The van der Waals surface area contributed by atoms with Gasteiger partial charge in [-0.1, -0.05) is 30.3 Å². The first-order chi connectivity index (χ1) is 9.21. The molecule has 0 atom stereocenters. The third-order valence-corrected chi connectivity index (χ3v) is 3.03. The predicted octanol–water partition coefficient (Wildman–Crippen LogP) is -0.286. The van der Waals surface area contributed by atoms with Gasteiger partial charge in [-0.2, -0.15) is 8.42 Å². The fourth-order valence-corrected chi connectivity index (χ4v) is 2.06. The Morgan fingerprint density at radius 2 is 1.50 bits per heavy atom. The van der Waals surface area contributed by atoms with Crippen molar-refractivity contribution in [3.8, 4) is 0 Å². The number of carbonyl (C=O) groups is 2. The van der Waals surface area contributed by atoms with E-state index >= 15 is 0 Å². The molecule has 0 heterocycles. The summed E-state index contributed by atoms with van der Waals surface area (Å²) < 4.78 is 31.6. The van der Waals surface area contributed by atoms with Gasteiger partial charge in [-0.15, -0.1) is 0 Å². The Balaban J connectivity index is 0. The van der Waals surface area contributed by atoms with Crippen molar-refractivity contribution < 1.29 is 32.8 Å². The van der Waals surface area contributed by atoms with Gasteiger partial charge >= 0.3 is 71.1 Å². The van der Waals surface area contributed by atoms with Crippen LogP contribution >= 0.6 is 0 Å². The molecule has 1 aromatic carbocycles. The molecule has 0 aliphatic heterocycles. The topological polar surface area (TPSA) is 129 Å². The van der Waals surface area contributed by atoms with Crippen molar-refractivity contribution in [3.05, 3.63) is 52.4 Å². The molecule has 10 heteroatoms. The average molecular weight is 346 g/mol. The van der Waals surface area contributed by atoms with Gasteiger partial charge in [0.25, 0.3) is 10.1 Å². The molecule has 7 nitrogen and oxygen atoms in total. The maximum atomic E-state index is 11.3. The molecule has 0 saturated carbocycles. The molecule has 110 valence electrons. The van der Waals surface area contributed by atoms with Crippen LogP contribution in [0.25, 0.3) is 6.08 Å². The fraction of sp³-hybridized carbons (Fsp3) is 0. The summed E-state index contributed by atoms with van der Waals surface area (Å²) in [6.45, 7) is 0. The van der Waals surface area contributed by atoms with E-state index in [4.69, 9.17) is 14.8 Å². The van der Waals surface area contributed by atoms with E-state index in [1.54, 1.807) is 18.2 Å². The number of benzene rings is 1. The van der Waals surface area contributed by atoms with Crippen molar-refractivity contribution in [1.82, 2.24) is 0 Å². The molecule has 1 aromatic rings. The van der Waals surface area contributed by atoms with Crippen molar-refractivity contribution in [1.29, 1.82) is 0 Å². The van der Waals surface area contributed by atoms with E-state index in [0.717, 1.165) is 6.08 Å². The Hall–Kier alpha value is -0.450. The van der Waals surface area contributed by atoms with Crippen molar-refractivity contribution in [2.45, 2.75) is 0 Å². The standard InChI is InChI=1S/C12H10O7S.2Na.2H/c13-11(14)7-9(12(15)16)10(20(17,18)19)6-8-4-2-1-3-5-8;;;;/h1-7H,(H,13,14)(H,15,16)(H,17,18,19);;;;/b9-7-,10-6?;;;;. The van der Waals surface area contributed by atoms with Crippen molar-refractivity contribution in [3.63, 3.8) is 0 Å². The molecular weight excluding hydrogens is 334 g/mol. The van der Waals surface area contributed by atoms with Gasteiger partial charge in [0.2, 0.25) is 0 Å². The van der Waals surface area contributed by atoms with Crippen LogP contribution in [0.15, 0.2) is 46.9 Å². The zero-order valence-corrected chi connectivity index (χ0v) is 10.7. The Labute approximate surface area is 171 Å². The average Bonchev–Trinajstić information content (AvgIpc) is 2.33. The van der Waals surface area contributed by atoms with Gasteiger partial charge in [0, 0.05) is 6.08 Å². The summed E-state index contributed by atoms with van der Waals surface area (Å²) in [7, 11) is -4.90. The van der Waals surface area contributed by atoms with Crippen molar-refractivity contribution >= 4 is 87.2 Å². The third-order valence-electron chi connectivity index (χ3n) is 2.14. The molecule has 1 rings (SSSR count). The van der Waals surface area contributed by atoms with E-state index in [1.807, 2.05) is 0 Å². The monoisotopic (exact) mass is 346 g/mol. The molecule has 0 saturated heterocycles. The summed E-state index contributed by atoms with van der Waals surface area (Å²) >= 11 is 0. The maximum absolute atomic E-state index is 11.3. The molecule has 0 unspecified atom stereocenters. The van der Waals surface area contributed by atoms with Gasteiger partial charge in [-0.3, -0.25) is 4.55 Å². The minimum atomic E-state index is -4.90. The Morgan fingerprint density at radius 1 is 1.00 bits per heavy atom. The minimum absolute atomic E-state index is 0. The Bertz CT molecular complexity index is 693. The van der Waals surface area contributed by atoms with Crippen LogP contribution in [-0.2, 0) is 19.7 Å². The third kappa shape index (κ3) is 7.70. The number of carboxylic acid groups (broad SMARTS) is 2. The first-order valence-corrected chi connectivity index (χ1v) is 6.58. The molecule has 22 heavy (non-hydrogen) atoms. The SMILES string of the molecule is O=C(O)/C=C(\C(=O)O)C(=Cc1ccccc1)S(=O)(=O)O.[NaH].[NaH]. The van der Waals surface area contributed by atoms with Crippen LogP contribution in [0.5, 0.6) is 0 Å². The Morgan fingerprint density at radius 3 is 1.86 bits per heavy atom. The first kappa shape index (κ1) is 23.8. The van der Waals surface area contributed by atoms with Gasteiger partial charge in [0.05, 0.1) is 5.57 Å². The molecule has 0 amide bonds. The Kier molecular flexibility index (Phi) is 11.2. The van der Waals surface area contributed by atoms with Crippen molar-refractivity contribution in [2.75, 3.05) is 0 Å². The van der Waals surface area contributed by atoms with E-state index in [0.29, 0.717) is 0 Å². The molecule has 0 aromatic heterocycles. The number of rotatable bonds is 5. The van der Waals surface area contributed by atoms with Crippen LogP contribution in [0.4, 0.5) is 0 Å². The predicted molar refractivity (Wildman–Crippen MR) is 83.6 cm³/mol. The summed E-state index contributed by atoms with van der Waals surface area (Å²) in [6, 6.07) is 7.70. The second kappa shape index (κ2) is 10.3. The summed E-state index contributed by atoms with van der Waals surface area (Å²) in [4.78, 5) is 20.5. The summed E-state index contributed by atoms with van der Waals surface area (Å²) in [5, 5.41) is 17.5. The van der Waals surface area contributed by atoms with Crippen molar-refractivity contribution in [2.24, 2.45) is 0 Å². The zero-order valence-electron chi connectivity index (χ0n) is 9.92. The fourth-order valence-electron chi connectivity index (χ4n) is 1.35. The van der Waals surface area contributed by atoms with E-state index in [-0.39, 0.29) is 70.8 Å². The van der Waals surface area contributed by atoms with Gasteiger partial charge in [0.15, 0.2) is 0 Å². The molecule has 0 spiro atoms. The molecule has 0 aliphatic rings. The number of carboxylic acids is 2. The molecule has 0 bridgehead atoms. The second-order valence-corrected chi connectivity index (χ2v) is 4.99. The zero-order chi connectivity index (χ0) is 15.3. The van der Waals surface area contributed by atoms with Gasteiger partial charge in [0.1, 0.15) is 4.91 Å². The van der Waals surface area contributed by atoms with Crippen LogP contribution < -0.4 is 0 Å². The summed E-state index contributed by atoms with van der Waals surface area (Å²) in [5.74, 6) is -3.43. The second-order valence-electron chi connectivity index (χ2n) is 3.60. The number of hydrogen-bond donors (Lipinski definition) is 3. The van der Waals surface area contributed by atoms with Gasteiger partial charge in [-0.25, -0.2) is 9.59 Å².